The van der Waals surface area contributed by atoms with Crippen LogP contribution < -0.4 is 4.72 Å². The Morgan fingerprint density at radius 1 is 1.25 bits per heavy atom. The Morgan fingerprint density at radius 3 is 2.61 bits per heavy atom. The predicted octanol–water partition coefficient (Wildman–Crippen LogP) is 3.80. The van der Waals surface area contributed by atoms with Crippen LogP contribution in [0.4, 0.5) is 5.13 Å². The van der Waals surface area contributed by atoms with Crippen molar-refractivity contribution in [1.82, 2.24) is 15.1 Å². The lowest BCUT2D eigenvalue weighted by atomic mass is 10.2. The third-order valence-corrected chi connectivity index (χ3v) is 8.26. The second-order valence-corrected chi connectivity index (χ2v) is 11.8. The largest absolute Gasteiger partial charge is 0.339 e. The standard InChI is InChI=1S/C17H22N4O3S4/c1-11(2)26-17-19-18-16(27-17)20-28(23,24)12-6-7-14(25-3)13(10-12)15(22)21-8-4-5-9-21/h6-7,10-11H,4-5,8-9H2,1-3H3,(H,18,20). The van der Waals surface area contributed by atoms with Crippen molar-refractivity contribution < 1.29 is 13.2 Å². The third-order valence-electron chi connectivity index (χ3n) is 4.07. The minimum Gasteiger partial charge on any atom is -0.339 e. The second kappa shape index (κ2) is 9.02. The van der Waals surface area contributed by atoms with Crippen LogP contribution >= 0.6 is 34.9 Å². The molecule has 3 rings (SSSR count). The molecule has 0 spiro atoms. The van der Waals surface area contributed by atoms with Crippen molar-refractivity contribution in [3.05, 3.63) is 23.8 Å². The van der Waals surface area contributed by atoms with Gasteiger partial charge in [0.2, 0.25) is 5.13 Å². The van der Waals surface area contributed by atoms with Crippen LogP contribution in [0.2, 0.25) is 0 Å². The van der Waals surface area contributed by atoms with Gasteiger partial charge in [0.1, 0.15) is 0 Å². The molecule has 2 aromatic rings. The summed E-state index contributed by atoms with van der Waals surface area (Å²) in [6.45, 7) is 5.48. The average Bonchev–Trinajstić information content (AvgIpc) is 3.32. The van der Waals surface area contributed by atoms with Crippen molar-refractivity contribution in [3.63, 3.8) is 0 Å². The number of benzene rings is 1. The molecule has 28 heavy (non-hydrogen) atoms. The van der Waals surface area contributed by atoms with E-state index < -0.39 is 10.0 Å². The number of carbonyl (C=O) groups is 1. The summed E-state index contributed by atoms with van der Waals surface area (Å²) in [4.78, 5) is 15.4. The summed E-state index contributed by atoms with van der Waals surface area (Å²) in [5.74, 6) is -0.120. The van der Waals surface area contributed by atoms with E-state index in [1.807, 2.05) is 20.1 Å². The number of likely N-dealkylation sites (tertiary alicyclic amines) is 1. The number of nitrogens with one attached hydrogen (secondary N) is 1. The quantitative estimate of drug-likeness (QED) is 0.631. The van der Waals surface area contributed by atoms with Crippen LogP contribution in [0, 0.1) is 0 Å². The van der Waals surface area contributed by atoms with Gasteiger partial charge < -0.3 is 4.90 Å². The molecule has 0 unspecified atom stereocenters. The van der Waals surface area contributed by atoms with Crippen molar-refractivity contribution in [2.24, 2.45) is 0 Å². The summed E-state index contributed by atoms with van der Waals surface area (Å²) in [5.41, 5.74) is 0.422. The first-order valence-electron chi connectivity index (χ1n) is 8.80. The van der Waals surface area contributed by atoms with Gasteiger partial charge in [0.05, 0.1) is 10.5 Å². The smallest absolute Gasteiger partial charge is 0.263 e. The van der Waals surface area contributed by atoms with E-state index in [-0.39, 0.29) is 15.9 Å². The molecule has 0 saturated carbocycles. The number of nitrogens with zero attached hydrogens (tertiary/aromatic N) is 3. The molecular weight excluding hydrogens is 436 g/mol. The van der Waals surface area contributed by atoms with Gasteiger partial charge in [-0.2, -0.15) is 0 Å². The SMILES string of the molecule is CSc1ccc(S(=O)(=O)Nc2nnc(SC(C)C)s2)cc1C(=O)N1CCCC1. The number of sulfonamides is 1. The van der Waals surface area contributed by atoms with E-state index in [2.05, 4.69) is 14.9 Å². The lowest BCUT2D eigenvalue weighted by Crippen LogP contribution is -2.28. The molecule has 11 heteroatoms. The Hall–Kier alpha value is -1.30. The summed E-state index contributed by atoms with van der Waals surface area (Å²) < 4.78 is 28.8. The van der Waals surface area contributed by atoms with Crippen LogP contribution in [0.1, 0.15) is 37.0 Å². The maximum atomic E-state index is 12.8. The Morgan fingerprint density at radius 2 is 1.96 bits per heavy atom. The molecule has 0 aliphatic carbocycles. The lowest BCUT2D eigenvalue weighted by Gasteiger charge is -2.18. The van der Waals surface area contributed by atoms with Gasteiger partial charge in [0, 0.05) is 23.2 Å². The van der Waals surface area contributed by atoms with Crippen LogP contribution in [-0.2, 0) is 10.0 Å². The maximum Gasteiger partial charge on any atom is 0.263 e. The fourth-order valence-electron chi connectivity index (χ4n) is 2.79. The molecule has 1 aromatic heterocycles. The normalized spacial score (nSPS) is 14.6. The second-order valence-electron chi connectivity index (χ2n) is 6.51. The number of hydrogen-bond acceptors (Lipinski definition) is 8. The van der Waals surface area contributed by atoms with Crippen LogP contribution in [-0.4, -0.2) is 54.0 Å². The zero-order chi connectivity index (χ0) is 20.3. The lowest BCUT2D eigenvalue weighted by molar-refractivity contribution is 0.0789. The first-order valence-corrected chi connectivity index (χ1v) is 13.2. The van der Waals surface area contributed by atoms with E-state index >= 15 is 0 Å². The molecular formula is C17H22N4O3S4. The molecule has 152 valence electrons. The molecule has 1 saturated heterocycles. The molecule has 0 radical (unpaired) electrons. The maximum absolute atomic E-state index is 12.8. The number of thioether (sulfide) groups is 2. The number of aromatic nitrogens is 2. The molecule has 0 atom stereocenters. The van der Waals surface area contributed by atoms with Gasteiger partial charge in [0.25, 0.3) is 15.9 Å². The molecule has 2 heterocycles. The van der Waals surface area contributed by atoms with E-state index in [4.69, 9.17) is 0 Å². The fourth-order valence-corrected chi connectivity index (χ4v) is 6.59. The van der Waals surface area contributed by atoms with Crippen molar-refractivity contribution in [3.8, 4) is 0 Å². The Kier molecular flexibility index (Phi) is 6.89. The molecule has 0 bridgehead atoms. The molecule has 1 aromatic carbocycles. The molecule has 1 N–H and O–H groups in total. The van der Waals surface area contributed by atoms with Gasteiger partial charge in [-0.05, 0) is 37.3 Å². The van der Waals surface area contributed by atoms with E-state index in [0.717, 1.165) is 17.7 Å². The first-order chi connectivity index (χ1) is 13.3. The minimum atomic E-state index is -3.86. The zero-order valence-corrected chi connectivity index (χ0v) is 19.1. The summed E-state index contributed by atoms with van der Waals surface area (Å²) in [5, 5.41) is 8.45. The van der Waals surface area contributed by atoms with Crippen molar-refractivity contribution >= 4 is 55.9 Å². The van der Waals surface area contributed by atoms with Gasteiger partial charge in [0.15, 0.2) is 4.34 Å². The van der Waals surface area contributed by atoms with Crippen molar-refractivity contribution in [2.45, 2.75) is 46.1 Å². The highest BCUT2D eigenvalue weighted by Crippen LogP contribution is 2.31. The topological polar surface area (TPSA) is 92.3 Å². The van der Waals surface area contributed by atoms with Crippen LogP contribution in [0.15, 0.2) is 32.3 Å². The van der Waals surface area contributed by atoms with Crippen molar-refractivity contribution in [2.75, 3.05) is 24.1 Å². The average molecular weight is 459 g/mol. The number of anilines is 1. The van der Waals surface area contributed by atoms with E-state index in [9.17, 15) is 13.2 Å². The third kappa shape index (κ3) is 5.00. The highest BCUT2D eigenvalue weighted by Gasteiger charge is 2.25. The van der Waals surface area contributed by atoms with Gasteiger partial charge >= 0.3 is 0 Å². The van der Waals surface area contributed by atoms with E-state index in [0.29, 0.717) is 28.2 Å². The molecule has 1 aliphatic rings. The van der Waals surface area contributed by atoms with Gasteiger partial charge in [-0.25, -0.2) is 8.42 Å². The predicted molar refractivity (Wildman–Crippen MR) is 115 cm³/mol. The zero-order valence-electron chi connectivity index (χ0n) is 15.8. The van der Waals surface area contributed by atoms with Gasteiger partial charge in [-0.3, -0.25) is 9.52 Å². The van der Waals surface area contributed by atoms with Crippen molar-refractivity contribution in [1.29, 1.82) is 0 Å². The summed E-state index contributed by atoms with van der Waals surface area (Å²) in [6, 6.07) is 4.65. The van der Waals surface area contributed by atoms with Gasteiger partial charge in [-0.1, -0.05) is 36.9 Å². The monoisotopic (exact) mass is 458 g/mol. The number of rotatable bonds is 7. The minimum absolute atomic E-state index is 0.0427. The molecule has 1 aliphatic heterocycles. The summed E-state index contributed by atoms with van der Waals surface area (Å²) >= 11 is 4.15. The Bertz CT molecular complexity index is 953. The molecule has 1 fully saturated rings. The Balaban J connectivity index is 1.86. The first kappa shape index (κ1) is 21.4. The summed E-state index contributed by atoms with van der Waals surface area (Å²) in [7, 11) is -3.86. The van der Waals surface area contributed by atoms with Crippen LogP contribution in [0.25, 0.3) is 0 Å². The van der Waals surface area contributed by atoms with Crippen LogP contribution in [0.3, 0.4) is 0 Å². The van der Waals surface area contributed by atoms with E-state index in [1.165, 1.54) is 47.0 Å². The highest BCUT2D eigenvalue weighted by molar-refractivity contribution is 8.01. The number of hydrogen-bond donors (Lipinski definition) is 1. The number of carbonyl (C=O) groups excluding carboxylic acids is 1. The molecule has 1 amide bonds. The summed E-state index contributed by atoms with van der Waals surface area (Å²) in [6.07, 6.45) is 3.83. The van der Waals surface area contributed by atoms with Gasteiger partial charge in [-0.15, -0.1) is 22.0 Å². The highest BCUT2D eigenvalue weighted by atomic mass is 32.2. The van der Waals surface area contributed by atoms with Crippen LogP contribution in [0.5, 0.6) is 0 Å². The Labute approximate surface area is 177 Å². The fraction of sp³-hybridized carbons (Fsp3) is 0.471. The van der Waals surface area contributed by atoms with E-state index in [1.54, 1.807) is 11.0 Å². The molecule has 7 nitrogen and oxygen atoms in total. The number of amides is 1.